The number of hydrogen-bond acceptors (Lipinski definition) is 3. The van der Waals surface area contributed by atoms with E-state index in [1.54, 1.807) is 13.2 Å². The minimum Gasteiger partial charge on any atom is -0.504 e. The van der Waals surface area contributed by atoms with Gasteiger partial charge in [-0.25, -0.2) is 0 Å². The number of hydrogen-bond donors (Lipinski definition) is 2. The first-order valence-electron chi connectivity index (χ1n) is 3.92. The Balaban J connectivity index is 2.40. The molecule has 0 aromatic heterocycles. The molecule has 0 saturated carbocycles. The largest absolute Gasteiger partial charge is 0.504 e. The van der Waals surface area contributed by atoms with Crippen LogP contribution in [0.3, 0.4) is 0 Å². The van der Waals surface area contributed by atoms with Crippen LogP contribution in [0.4, 0.5) is 0 Å². The Morgan fingerprint density at radius 3 is 2.92 bits per heavy atom. The second-order valence-corrected chi connectivity index (χ2v) is 2.86. The van der Waals surface area contributed by atoms with Crippen LogP contribution in [0.25, 0.3) is 0 Å². The highest BCUT2D eigenvalue weighted by Gasteiger charge is 2.26. The van der Waals surface area contributed by atoms with E-state index in [-0.39, 0.29) is 5.75 Å². The second kappa shape index (κ2) is 2.68. The van der Waals surface area contributed by atoms with Crippen LogP contribution in [0, 0.1) is 0 Å². The van der Waals surface area contributed by atoms with Crippen LogP contribution in [0.5, 0.6) is 11.5 Å². The Bertz CT molecular complexity index is 295. The van der Waals surface area contributed by atoms with Gasteiger partial charge < -0.3 is 15.2 Å². The Hall–Kier alpha value is -1.22. The van der Waals surface area contributed by atoms with E-state index in [4.69, 9.17) is 4.74 Å². The molecule has 0 amide bonds. The van der Waals surface area contributed by atoms with Crippen molar-refractivity contribution in [3.63, 3.8) is 0 Å². The van der Waals surface area contributed by atoms with E-state index in [1.807, 2.05) is 12.1 Å². The standard InChI is InChI=1S/C9H11NO2/c1-12-8-4-2-3-6(9(8)11)7-5-10-7/h2-4,7,10-11H,5H2,1H3/t7-/m1/s1. The van der Waals surface area contributed by atoms with Crippen LogP contribution in [-0.2, 0) is 0 Å². The summed E-state index contributed by atoms with van der Waals surface area (Å²) in [6, 6.07) is 5.86. The van der Waals surface area contributed by atoms with Crippen LogP contribution in [0.2, 0.25) is 0 Å². The predicted molar refractivity (Wildman–Crippen MR) is 45.4 cm³/mol. The number of methoxy groups -OCH3 is 1. The zero-order valence-electron chi connectivity index (χ0n) is 6.87. The van der Waals surface area contributed by atoms with Gasteiger partial charge in [0.05, 0.1) is 7.11 Å². The third-order valence-electron chi connectivity index (χ3n) is 2.03. The number of phenolic OH excluding ortho intramolecular Hbond substituents is 1. The number of ether oxygens (including phenoxy) is 1. The summed E-state index contributed by atoms with van der Waals surface area (Å²) in [6.45, 7) is 0.945. The van der Waals surface area contributed by atoms with Crippen molar-refractivity contribution in [2.45, 2.75) is 6.04 Å². The van der Waals surface area contributed by atoms with Crippen LogP contribution in [0.15, 0.2) is 18.2 Å². The van der Waals surface area contributed by atoms with Gasteiger partial charge in [0.15, 0.2) is 11.5 Å². The number of aromatic hydroxyl groups is 1. The first kappa shape index (κ1) is 7.43. The zero-order valence-corrected chi connectivity index (χ0v) is 6.87. The molecule has 0 bridgehead atoms. The molecule has 0 radical (unpaired) electrons. The van der Waals surface area contributed by atoms with E-state index in [1.165, 1.54) is 0 Å². The Morgan fingerprint density at radius 1 is 1.58 bits per heavy atom. The van der Waals surface area contributed by atoms with Crippen LogP contribution in [-0.4, -0.2) is 18.8 Å². The van der Waals surface area contributed by atoms with Crippen molar-refractivity contribution in [2.24, 2.45) is 0 Å². The number of nitrogens with one attached hydrogen (secondary N) is 1. The van der Waals surface area contributed by atoms with Gasteiger partial charge in [-0.3, -0.25) is 0 Å². The van der Waals surface area contributed by atoms with Crippen molar-refractivity contribution >= 4 is 0 Å². The lowest BCUT2D eigenvalue weighted by Gasteiger charge is -2.06. The number of benzene rings is 1. The van der Waals surface area contributed by atoms with Crippen molar-refractivity contribution in [3.05, 3.63) is 23.8 Å². The van der Waals surface area contributed by atoms with Crippen LogP contribution < -0.4 is 10.1 Å². The SMILES string of the molecule is COc1cccc([C@H]2CN2)c1O. The molecule has 1 aliphatic heterocycles. The highest BCUT2D eigenvalue weighted by atomic mass is 16.5. The number of para-hydroxylation sites is 1. The third-order valence-corrected chi connectivity index (χ3v) is 2.03. The van der Waals surface area contributed by atoms with Gasteiger partial charge in [-0.05, 0) is 6.07 Å². The maximum Gasteiger partial charge on any atom is 0.162 e. The van der Waals surface area contributed by atoms with E-state index < -0.39 is 0 Å². The quantitative estimate of drug-likeness (QED) is 0.644. The average Bonchev–Trinajstić information content (AvgIpc) is 2.88. The fourth-order valence-electron chi connectivity index (χ4n) is 1.26. The molecule has 64 valence electrons. The molecule has 1 aromatic carbocycles. The van der Waals surface area contributed by atoms with Crippen LogP contribution in [0.1, 0.15) is 11.6 Å². The van der Waals surface area contributed by atoms with Crippen molar-refractivity contribution in [2.75, 3.05) is 13.7 Å². The highest BCUT2D eigenvalue weighted by Crippen LogP contribution is 2.36. The molecule has 0 aliphatic carbocycles. The van der Waals surface area contributed by atoms with Gasteiger partial charge in [-0.1, -0.05) is 12.1 Å². The van der Waals surface area contributed by atoms with Crippen molar-refractivity contribution in [3.8, 4) is 11.5 Å². The Morgan fingerprint density at radius 2 is 2.33 bits per heavy atom. The summed E-state index contributed by atoms with van der Waals surface area (Å²) >= 11 is 0. The lowest BCUT2D eigenvalue weighted by Crippen LogP contribution is -1.89. The van der Waals surface area contributed by atoms with Gasteiger partial charge in [0, 0.05) is 18.2 Å². The molecule has 1 atom stereocenters. The minimum absolute atomic E-state index is 0.259. The molecular formula is C9H11NO2. The summed E-state index contributed by atoms with van der Waals surface area (Å²) in [4.78, 5) is 0. The van der Waals surface area contributed by atoms with Gasteiger partial charge in [-0.2, -0.15) is 0 Å². The minimum atomic E-state index is 0.259. The van der Waals surface area contributed by atoms with E-state index in [0.717, 1.165) is 12.1 Å². The predicted octanol–water partition coefficient (Wildman–Crippen LogP) is 1.05. The average molecular weight is 165 g/mol. The zero-order chi connectivity index (χ0) is 8.55. The van der Waals surface area contributed by atoms with Crippen LogP contribution >= 0.6 is 0 Å². The first-order chi connectivity index (χ1) is 5.83. The van der Waals surface area contributed by atoms with Gasteiger partial charge in [0.1, 0.15) is 0 Å². The highest BCUT2D eigenvalue weighted by molar-refractivity contribution is 5.48. The fourth-order valence-corrected chi connectivity index (χ4v) is 1.26. The summed E-state index contributed by atoms with van der Waals surface area (Å²) < 4.78 is 4.99. The molecule has 3 nitrogen and oxygen atoms in total. The molecule has 0 unspecified atom stereocenters. The summed E-state index contributed by atoms with van der Waals surface area (Å²) in [5, 5.41) is 12.8. The third kappa shape index (κ3) is 1.12. The van der Waals surface area contributed by atoms with E-state index >= 15 is 0 Å². The molecule has 1 heterocycles. The van der Waals surface area contributed by atoms with Crippen molar-refractivity contribution in [1.29, 1.82) is 0 Å². The molecule has 1 saturated heterocycles. The summed E-state index contributed by atoms with van der Waals surface area (Å²) in [5.74, 6) is 0.802. The van der Waals surface area contributed by atoms with Gasteiger partial charge in [0.2, 0.25) is 0 Å². The maximum atomic E-state index is 9.63. The molecule has 12 heavy (non-hydrogen) atoms. The Labute approximate surface area is 71.0 Å². The monoisotopic (exact) mass is 165 g/mol. The van der Waals surface area contributed by atoms with E-state index in [0.29, 0.717) is 11.8 Å². The second-order valence-electron chi connectivity index (χ2n) is 2.86. The molecular weight excluding hydrogens is 154 g/mol. The van der Waals surface area contributed by atoms with Gasteiger partial charge >= 0.3 is 0 Å². The molecule has 1 aliphatic rings. The molecule has 2 N–H and O–H groups in total. The normalized spacial score (nSPS) is 20.6. The Kier molecular flexibility index (Phi) is 1.66. The van der Waals surface area contributed by atoms with Crippen molar-refractivity contribution in [1.82, 2.24) is 5.32 Å². The van der Waals surface area contributed by atoms with Crippen molar-refractivity contribution < 1.29 is 9.84 Å². The number of rotatable bonds is 2. The van der Waals surface area contributed by atoms with Gasteiger partial charge in [-0.15, -0.1) is 0 Å². The lowest BCUT2D eigenvalue weighted by molar-refractivity contribution is 0.370. The molecule has 3 heteroatoms. The lowest BCUT2D eigenvalue weighted by atomic mass is 10.1. The maximum absolute atomic E-state index is 9.63. The smallest absolute Gasteiger partial charge is 0.162 e. The molecule has 1 aromatic rings. The molecule has 2 rings (SSSR count). The molecule has 1 fully saturated rings. The van der Waals surface area contributed by atoms with E-state index in [9.17, 15) is 5.11 Å². The summed E-state index contributed by atoms with van der Waals surface area (Å²) in [6.07, 6.45) is 0. The summed E-state index contributed by atoms with van der Waals surface area (Å²) in [5.41, 5.74) is 0.925. The fraction of sp³-hybridized carbons (Fsp3) is 0.333. The topological polar surface area (TPSA) is 51.4 Å². The van der Waals surface area contributed by atoms with E-state index in [2.05, 4.69) is 5.32 Å². The number of phenols is 1. The summed E-state index contributed by atoms with van der Waals surface area (Å²) in [7, 11) is 1.55. The molecule has 0 spiro atoms. The van der Waals surface area contributed by atoms with Gasteiger partial charge in [0.25, 0.3) is 0 Å². The first-order valence-corrected chi connectivity index (χ1v) is 3.92.